The molecule has 0 amide bonds. The molecule has 0 fully saturated rings. The molecule has 1 aromatic heterocycles. The summed E-state index contributed by atoms with van der Waals surface area (Å²) in [5.74, 6) is 0.359. The Bertz CT molecular complexity index is 1080. The monoisotopic (exact) mass is 374 g/mol. The van der Waals surface area contributed by atoms with Gasteiger partial charge in [-0.3, -0.25) is 0 Å². The van der Waals surface area contributed by atoms with Gasteiger partial charge < -0.3 is 14.8 Å². The van der Waals surface area contributed by atoms with E-state index < -0.39 is 0 Å². The molecule has 0 bridgehead atoms. The maximum atomic E-state index is 12.4. The molecule has 28 heavy (non-hydrogen) atoms. The summed E-state index contributed by atoms with van der Waals surface area (Å²) in [5.41, 5.74) is 3.24. The van der Waals surface area contributed by atoms with Crippen LogP contribution in [0.3, 0.4) is 0 Å². The fourth-order valence-corrected chi connectivity index (χ4v) is 2.74. The van der Waals surface area contributed by atoms with E-state index in [2.05, 4.69) is 20.3 Å². The van der Waals surface area contributed by atoms with Gasteiger partial charge >= 0.3 is 0 Å². The summed E-state index contributed by atoms with van der Waals surface area (Å²) in [6, 6.07) is 15.1. The van der Waals surface area contributed by atoms with Crippen LogP contribution in [-0.4, -0.2) is 23.7 Å². The number of aromatic nitrogens is 3. The second-order valence-electron chi connectivity index (χ2n) is 6.26. The third-order valence-electron chi connectivity index (χ3n) is 4.17. The first-order valence-corrected chi connectivity index (χ1v) is 8.76. The maximum Gasteiger partial charge on any atom is 0.293 e. The van der Waals surface area contributed by atoms with Crippen LogP contribution in [0.25, 0.3) is 11.0 Å². The van der Waals surface area contributed by atoms with Gasteiger partial charge in [0.05, 0.1) is 22.7 Å². The summed E-state index contributed by atoms with van der Waals surface area (Å²) in [4.78, 5) is 6.92. The smallest absolute Gasteiger partial charge is 0.293 e. The largest absolute Gasteiger partial charge is 0.594 e. The maximum absolute atomic E-state index is 12.4. The fraction of sp³-hybridized carbons (Fsp3) is 0.150. The second-order valence-corrected chi connectivity index (χ2v) is 6.26. The predicted molar refractivity (Wildman–Crippen MR) is 105 cm³/mol. The predicted octanol–water partition coefficient (Wildman–Crippen LogP) is 3.41. The summed E-state index contributed by atoms with van der Waals surface area (Å²) in [6.45, 7) is 1.07. The zero-order valence-corrected chi connectivity index (χ0v) is 15.3. The zero-order valence-electron chi connectivity index (χ0n) is 15.3. The van der Waals surface area contributed by atoms with Crippen molar-refractivity contribution in [3.05, 3.63) is 83.4 Å². The van der Waals surface area contributed by atoms with Gasteiger partial charge in [-0.1, -0.05) is 30.3 Å². The molecule has 8 nitrogen and oxygen atoms in total. The van der Waals surface area contributed by atoms with E-state index in [1.54, 1.807) is 30.5 Å². The number of hydrogen-bond acceptors (Lipinski definition) is 7. The summed E-state index contributed by atoms with van der Waals surface area (Å²) < 4.78 is 5.07. The molecule has 4 rings (SSSR count). The quantitative estimate of drug-likeness (QED) is 0.388. The summed E-state index contributed by atoms with van der Waals surface area (Å²) in [7, 11) is 1.85. The minimum Gasteiger partial charge on any atom is -0.594 e. The lowest BCUT2D eigenvalue weighted by atomic mass is 10.2. The molecule has 2 aromatic carbocycles. The highest BCUT2D eigenvalue weighted by Gasteiger charge is 2.15. The van der Waals surface area contributed by atoms with Crippen molar-refractivity contribution in [3.8, 4) is 0 Å². The number of nitrogens with zero attached hydrogens (tertiary/aromatic N) is 6. The van der Waals surface area contributed by atoms with Gasteiger partial charge in [-0.15, -0.1) is 0 Å². The van der Waals surface area contributed by atoms with Crippen LogP contribution in [0, 0.1) is 5.21 Å². The minimum atomic E-state index is 0.338. The van der Waals surface area contributed by atoms with Crippen molar-refractivity contribution in [1.82, 2.24) is 10.1 Å². The van der Waals surface area contributed by atoms with Gasteiger partial charge in [-0.05, 0) is 34.7 Å². The molecule has 0 N–H and O–H groups in total. The van der Waals surface area contributed by atoms with Crippen LogP contribution in [-0.2, 0) is 11.3 Å². The Kier molecular flexibility index (Phi) is 4.92. The number of anilines is 1. The van der Waals surface area contributed by atoms with Gasteiger partial charge in [0.1, 0.15) is 12.1 Å². The van der Waals surface area contributed by atoms with Gasteiger partial charge in [0.15, 0.2) is 0 Å². The van der Waals surface area contributed by atoms with Crippen molar-refractivity contribution >= 4 is 22.7 Å². The number of fused-ring (bicyclic) bond motifs is 1. The molecule has 0 saturated heterocycles. The van der Waals surface area contributed by atoms with E-state index >= 15 is 0 Å². The van der Waals surface area contributed by atoms with E-state index in [0.717, 1.165) is 5.56 Å². The number of hydrogen-bond donors (Lipinski definition) is 0. The first-order valence-electron chi connectivity index (χ1n) is 8.76. The topological polar surface area (TPSA) is 89.9 Å². The lowest BCUT2D eigenvalue weighted by molar-refractivity contribution is -0.641. The van der Waals surface area contributed by atoms with E-state index in [4.69, 9.17) is 4.74 Å². The standard InChI is InChI=1S/C20H18N6O2/c1-25(14-15-5-3-2-4-6-15)20-21-18-8-7-17(13-19(18)26(27)24-20)23-22-16-9-11-28-12-10-16/h2-11,13H,12,14H2,1H3. The molecule has 140 valence electrons. The Labute approximate surface area is 161 Å². The van der Waals surface area contributed by atoms with Crippen molar-refractivity contribution in [1.29, 1.82) is 0 Å². The van der Waals surface area contributed by atoms with E-state index in [0.29, 0.717) is 46.4 Å². The number of rotatable bonds is 5. The Morgan fingerprint density at radius 3 is 2.82 bits per heavy atom. The minimum absolute atomic E-state index is 0.338. The Morgan fingerprint density at radius 2 is 2.04 bits per heavy atom. The van der Waals surface area contributed by atoms with Crippen molar-refractivity contribution < 1.29 is 9.58 Å². The zero-order chi connectivity index (χ0) is 19.3. The molecule has 0 unspecified atom stereocenters. The summed E-state index contributed by atoms with van der Waals surface area (Å²) in [5, 5.41) is 24.8. The Morgan fingerprint density at radius 1 is 1.18 bits per heavy atom. The highest BCUT2D eigenvalue weighted by molar-refractivity contribution is 5.75. The highest BCUT2D eigenvalue weighted by Crippen LogP contribution is 2.20. The highest BCUT2D eigenvalue weighted by atomic mass is 16.5. The molecular formula is C20H18N6O2. The Hall–Kier alpha value is -3.81. The number of allylic oxidation sites excluding steroid dienone is 1. The first kappa shape index (κ1) is 17.6. The summed E-state index contributed by atoms with van der Waals surface area (Å²) in [6.07, 6.45) is 5.11. The van der Waals surface area contributed by atoms with Crippen LogP contribution in [0.5, 0.6) is 0 Å². The molecule has 0 aliphatic carbocycles. The van der Waals surface area contributed by atoms with Crippen LogP contribution in [0.1, 0.15) is 5.56 Å². The SMILES string of the molecule is CN(Cc1ccccc1)c1nc2ccc(N=NC3=CCOC=C3)cc2[n+]([O-])n1. The van der Waals surface area contributed by atoms with Gasteiger partial charge in [-0.25, -0.2) is 4.98 Å². The molecule has 1 aliphatic heterocycles. The van der Waals surface area contributed by atoms with Crippen LogP contribution >= 0.6 is 0 Å². The van der Waals surface area contributed by atoms with Crippen LogP contribution in [0.2, 0.25) is 0 Å². The van der Waals surface area contributed by atoms with E-state index in [1.807, 2.05) is 48.4 Å². The molecule has 0 saturated carbocycles. The van der Waals surface area contributed by atoms with Crippen molar-refractivity contribution in [3.63, 3.8) is 0 Å². The van der Waals surface area contributed by atoms with Crippen LogP contribution < -0.4 is 9.75 Å². The lowest BCUT2D eigenvalue weighted by Crippen LogP contribution is -2.35. The molecule has 1 aliphatic rings. The number of ether oxygens (including phenoxy) is 1. The normalized spacial score (nSPS) is 13.5. The molecule has 3 aromatic rings. The fourth-order valence-electron chi connectivity index (χ4n) is 2.74. The third kappa shape index (κ3) is 3.96. The van der Waals surface area contributed by atoms with E-state index in [1.165, 1.54) is 0 Å². The lowest BCUT2D eigenvalue weighted by Gasteiger charge is -2.16. The van der Waals surface area contributed by atoms with Gasteiger partial charge in [0.2, 0.25) is 0 Å². The molecule has 2 heterocycles. The molecule has 0 atom stereocenters. The number of azo groups is 1. The average molecular weight is 374 g/mol. The van der Waals surface area contributed by atoms with Crippen molar-refractivity contribution in [2.24, 2.45) is 10.2 Å². The number of benzene rings is 2. The van der Waals surface area contributed by atoms with E-state index in [-0.39, 0.29) is 0 Å². The average Bonchev–Trinajstić information content (AvgIpc) is 2.74. The van der Waals surface area contributed by atoms with E-state index in [9.17, 15) is 5.21 Å². The molecule has 8 heteroatoms. The van der Waals surface area contributed by atoms with Crippen molar-refractivity contribution in [2.75, 3.05) is 18.6 Å². The van der Waals surface area contributed by atoms with Crippen LogP contribution in [0.15, 0.2) is 82.9 Å². The molecule has 0 radical (unpaired) electrons. The third-order valence-corrected chi connectivity index (χ3v) is 4.17. The molecule has 0 spiro atoms. The molecular weight excluding hydrogens is 356 g/mol. The van der Waals surface area contributed by atoms with Crippen LogP contribution in [0.4, 0.5) is 11.6 Å². The van der Waals surface area contributed by atoms with Gasteiger partial charge in [-0.2, -0.15) is 10.2 Å². The first-order chi connectivity index (χ1) is 13.7. The van der Waals surface area contributed by atoms with Crippen molar-refractivity contribution in [2.45, 2.75) is 6.54 Å². The summed E-state index contributed by atoms with van der Waals surface area (Å²) >= 11 is 0. The van der Waals surface area contributed by atoms with Gasteiger partial charge in [0, 0.05) is 19.7 Å². The Balaban J connectivity index is 1.58. The second kappa shape index (κ2) is 7.83. The van der Waals surface area contributed by atoms with Gasteiger partial charge in [0.25, 0.3) is 11.5 Å².